The Kier molecular flexibility index (Phi) is 5.36. The van der Waals surface area contributed by atoms with Crippen LogP contribution in [0, 0.1) is 5.92 Å². The second-order valence-electron chi connectivity index (χ2n) is 4.40. The molecule has 4 heteroatoms. The van der Waals surface area contributed by atoms with Crippen molar-refractivity contribution in [2.45, 2.75) is 12.8 Å². The molecule has 0 saturated carbocycles. The number of carbonyl (C=O) groups excluding carboxylic acids is 2. The van der Waals surface area contributed by atoms with Crippen molar-refractivity contribution in [1.82, 2.24) is 4.90 Å². The lowest BCUT2D eigenvalue weighted by Crippen LogP contribution is -2.32. The van der Waals surface area contributed by atoms with Gasteiger partial charge in [0.15, 0.2) is 0 Å². The van der Waals surface area contributed by atoms with Crippen molar-refractivity contribution in [3.63, 3.8) is 0 Å². The Morgan fingerprint density at radius 1 is 1.22 bits per heavy atom. The summed E-state index contributed by atoms with van der Waals surface area (Å²) in [6.07, 6.45) is 0.662. The minimum atomic E-state index is -0.366. The van der Waals surface area contributed by atoms with Crippen LogP contribution < -0.4 is 0 Å². The van der Waals surface area contributed by atoms with Gasteiger partial charge in [0.1, 0.15) is 0 Å². The van der Waals surface area contributed by atoms with Gasteiger partial charge in [-0.3, -0.25) is 9.59 Å². The van der Waals surface area contributed by atoms with Crippen LogP contribution in [0.2, 0.25) is 0 Å². The topological polar surface area (TPSA) is 46.6 Å². The molecular formula is C14H19NO3. The fourth-order valence-electron chi connectivity index (χ4n) is 1.80. The summed E-state index contributed by atoms with van der Waals surface area (Å²) >= 11 is 0. The molecule has 0 aliphatic rings. The lowest BCUT2D eigenvalue weighted by molar-refractivity contribution is -0.146. The molecule has 0 bridgehead atoms. The molecule has 1 amide bonds. The fourth-order valence-corrected chi connectivity index (χ4v) is 1.80. The first-order chi connectivity index (χ1) is 8.54. The van der Waals surface area contributed by atoms with E-state index in [1.54, 1.807) is 14.1 Å². The number of amides is 1. The van der Waals surface area contributed by atoms with Crippen molar-refractivity contribution in [1.29, 1.82) is 0 Å². The molecule has 1 rings (SSSR count). The molecule has 0 saturated heterocycles. The van der Waals surface area contributed by atoms with Crippen molar-refractivity contribution >= 4 is 11.9 Å². The molecule has 1 unspecified atom stereocenters. The molecule has 1 aromatic carbocycles. The van der Waals surface area contributed by atoms with E-state index >= 15 is 0 Å². The van der Waals surface area contributed by atoms with E-state index in [2.05, 4.69) is 4.74 Å². The van der Waals surface area contributed by atoms with Crippen molar-refractivity contribution in [3.8, 4) is 0 Å². The monoisotopic (exact) mass is 249 g/mol. The molecule has 0 N–H and O–H groups in total. The highest BCUT2D eigenvalue weighted by Crippen LogP contribution is 2.15. The molecule has 1 atom stereocenters. The van der Waals surface area contributed by atoms with Crippen molar-refractivity contribution in [2.75, 3.05) is 21.2 Å². The van der Waals surface area contributed by atoms with Gasteiger partial charge in [0.2, 0.25) is 5.91 Å². The highest BCUT2D eigenvalue weighted by atomic mass is 16.5. The Balaban J connectivity index is 2.77. The standard InChI is InChI=1S/C14H19NO3/c1-15(2)14(17)12(10-13(16)18-3)9-11-7-5-4-6-8-11/h4-8,12H,9-10H2,1-3H3. The van der Waals surface area contributed by atoms with E-state index in [1.165, 1.54) is 12.0 Å². The van der Waals surface area contributed by atoms with Gasteiger partial charge in [0.25, 0.3) is 0 Å². The predicted octanol–water partition coefficient (Wildman–Crippen LogP) is 1.50. The number of ether oxygens (including phenoxy) is 1. The van der Waals surface area contributed by atoms with Crippen LogP contribution in [0.15, 0.2) is 30.3 Å². The highest BCUT2D eigenvalue weighted by molar-refractivity contribution is 5.83. The van der Waals surface area contributed by atoms with Crippen molar-refractivity contribution < 1.29 is 14.3 Å². The van der Waals surface area contributed by atoms with Gasteiger partial charge in [0, 0.05) is 14.1 Å². The first kappa shape index (κ1) is 14.2. The Labute approximate surface area is 108 Å². The molecule has 0 aliphatic heterocycles. The maximum absolute atomic E-state index is 12.0. The Hall–Kier alpha value is -1.84. The van der Waals surface area contributed by atoms with Gasteiger partial charge < -0.3 is 9.64 Å². The smallest absolute Gasteiger partial charge is 0.306 e. The van der Waals surface area contributed by atoms with Crippen LogP contribution in [0.5, 0.6) is 0 Å². The summed E-state index contributed by atoms with van der Waals surface area (Å²) < 4.78 is 4.64. The second kappa shape index (κ2) is 6.79. The number of hydrogen-bond donors (Lipinski definition) is 0. The summed E-state index contributed by atoms with van der Waals surface area (Å²) in [5, 5.41) is 0. The molecule has 4 nitrogen and oxygen atoms in total. The molecule has 0 aliphatic carbocycles. The van der Waals surface area contributed by atoms with Gasteiger partial charge in [0.05, 0.1) is 19.4 Å². The van der Waals surface area contributed by atoms with Gasteiger partial charge in [-0.2, -0.15) is 0 Å². The normalized spacial score (nSPS) is 11.7. The summed E-state index contributed by atoms with van der Waals surface area (Å²) in [4.78, 5) is 24.9. The van der Waals surface area contributed by atoms with Crippen LogP contribution in [0.25, 0.3) is 0 Å². The molecule has 0 fully saturated rings. The van der Waals surface area contributed by atoms with Crippen LogP contribution in [-0.2, 0) is 20.7 Å². The van der Waals surface area contributed by atoms with Crippen molar-refractivity contribution in [3.05, 3.63) is 35.9 Å². The number of carbonyl (C=O) groups is 2. The third-order valence-electron chi connectivity index (χ3n) is 2.76. The summed E-state index contributed by atoms with van der Waals surface area (Å²) in [5.74, 6) is -0.773. The number of rotatable bonds is 5. The zero-order valence-electron chi connectivity index (χ0n) is 11.1. The van der Waals surface area contributed by atoms with E-state index in [9.17, 15) is 9.59 Å². The summed E-state index contributed by atoms with van der Waals surface area (Å²) in [7, 11) is 4.72. The lowest BCUT2D eigenvalue weighted by Gasteiger charge is -2.19. The largest absolute Gasteiger partial charge is 0.469 e. The molecular weight excluding hydrogens is 230 g/mol. The zero-order chi connectivity index (χ0) is 13.5. The van der Waals surface area contributed by atoms with Gasteiger partial charge in [-0.05, 0) is 12.0 Å². The van der Waals surface area contributed by atoms with E-state index in [0.717, 1.165) is 5.56 Å². The first-order valence-corrected chi connectivity index (χ1v) is 5.86. The van der Waals surface area contributed by atoms with Gasteiger partial charge in [-0.15, -0.1) is 0 Å². The SMILES string of the molecule is COC(=O)CC(Cc1ccccc1)C(=O)N(C)C. The molecule has 0 aromatic heterocycles. The van der Waals surface area contributed by atoms with Crippen LogP contribution >= 0.6 is 0 Å². The number of nitrogens with zero attached hydrogens (tertiary/aromatic N) is 1. The lowest BCUT2D eigenvalue weighted by atomic mass is 9.95. The summed E-state index contributed by atoms with van der Waals surface area (Å²) in [6.45, 7) is 0. The Bertz CT molecular complexity index is 401. The maximum atomic E-state index is 12.0. The van der Waals surface area contributed by atoms with Crippen molar-refractivity contribution in [2.24, 2.45) is 5.92 Å². The van der Waals surface area contributed by atoms with Crippen LogP contribution in [0.3, 0.4) is 0 Å². The van der Waals surface area contributed by atoms with E-state index < -0.39 is 0 Å². The molecule has 1 aromatic rings. The predicted molar refractivity (Wildman–Crippen MR) is 69.0 cm³/mol. The van der Waals surface area contributed by atoms with Gasteiger partial charge in [-0.1, -0.05) is 30.3 Å². The Morgan fingerprint density at radius 2 is 1.83 bits per heavy atom. The van der Waals surface area contributed by atoms with E-state index in [1.807, 2.05) is 30.3 Å². The third-order valence-corrected chi connectivity index (χ3v) is 2.76. The van der Waals surface area contributed by atoms with E-state index in [-0.39, 0.29) is 24.2 Å². The van der Waals surface area contributed by atoms with Gasteiger partial charge in [-0.25, -0.2) is 0 Å². The minimum absolute atomic E-state index is 0.0516. The number of hydrogen-bond acceptors (Lipinski definition) is 3. The van der Waals surface area contributed by atoms with E-state index in [0.29, 0.717) is 6.42 Å². The number of methoxy groups -OCH3 is 1. The fraction of sp³-hybridized carbons (Fsp3) is 0.429. The summed E-state index contributed by atoms with van der Waals surface area (Å²) in [5.41, 5.74) is 1.04. The summed E-state index contributed by atoms with van der Waals surface area (Å²) in [6, 6.07) is 9.67. The quantitative estimate of drug-likeness (QED) is 0.743. The molecule has 0 radical (unpaired) electrons. The maximum Gasteiger partial charge on any atom is 0.306 e. The first-order valence-electron chi connectivity index (χ1n) is 5.86. The highest BCUT2D eigenvalue weighted by Gasteiger charge is 2.24. The molecule has 98 valence electrons. The van der Waals surface area contributed by atoms with Crippen LogP contribution in [0.4, 0.5) is 0 Å². The molecule has 0 heterocycles. The third kappa shape index (κ3) is 4.20. The zero-order valence-corrected chi connectivity index (χ0v) is 11.1. The number of esters is 1. The average molecular weight is 249 g/mol. The minimum Gasteiger partial charge on any atom is -0.469 e. The Morgan fingerprint density at radius 3 is 2.33 bits per heavy atom. The molecule has 18 heavy (non-hydrogen) atoms. The second-order valence-corrected chi connectivity index (χ2v) is 4.40. The van der Waals surface area contributed by atoms with Crippen LogP contribution in [-0.4, -0.2) is 38.0 Å². The van der Waals surface area contributed by atoms with Crippen LogP contribution in [0.1, 0.15) is 12.0 Å². The van der Waals surface area contributed by atoms with E-state index in [4.69, 9.17) is 0 Å². The average Bonchev–Trinajstić information content (AvgIpc) is 2.38. The molecule has 0 spiro atoms. The number of benzene rings is 1. The van der Waals surface area contributed by atoms with Gasteiger partial charge >= 0.3 is 5.97 Å².